The number of carboxylic acid groups (broad SMARTS) is 1. The van der Waals surface area contributed by atoms with Gasteiger partial charge in [0.2, 0.25) is 0 Å². The zero-order valence-corrected chi connectivity index (χ0v) is 18.5. The fourth-order valence-electron chi connectivity index (χ4n) is 3.76. The standard InChI is InChI=1S/C25H23N3O5/c1-4-27(5-2)20-11-8-17-12-18(25(32)33-22(17)14-20)13-21-15(3)26-28(23(21)29)19-9-6-16(7-10-19)24(30)31/h6-14H,4-5H2,1-3H3,(H,30,31). The Labute approximate surface area is 190 Å². The first-order chi connectivity index (χ1) is 15.8. The second-order valence-electron chi connectivity index (χ2n) is 7.60. The predicted octanol–water partition coefficient (Wildman–Crippen LogP) is 4.14. The molecule has 168 valence electrons. The number of fused-ring (bicyclic) bond motifs is 1. The van der Waals surface area contributed by atoms with Crippen molar-refractivity contribution in [3.8, 4) is 0 Å². The van der Waals surface area contributed by atoms with E-state index in [1.807, 2.05) is 18.2 Å². The van der Waals surface area contributed by atoms with Crippen LogP contribution in [0.25, 0.3) is 17.0 Å². The number of hydrazone groups is 1. The lowest BCUT2D eigenvalue weighted by atomic mass is 10.1. The normalized spacial score (nSPS) is 14.8. The van der Waals surface area contributed by atoms with Crippen molar-refractivity contribution >= 4 is 46.0 Å². The van der Waals surface area contributed by atoms with E-state index < -0.39 is 17.5 Å². The molecule has 0 aliphatic carbocycles. The van der Waals surface area contributed by atoms with Gasteiger partial charge >= 0.3 is 11.6 Å². The van der Waals surface area contributed by atoms with E-state index in [1.165, 1.54) is 35.4 Å². The second kappa shape index (κ2) is 8.74. The number of carbonyl (C=O) groups is 2. The SMILES string of the molecule is CCN(CC)c1ccc2cc(C=C3C(=O)N(c4ccc(C(=O)O)cc4)N=C3C)c(=O)oc2c1. The molecule has 0 saturated heterocycles. The van der Waals surface area contributed by atoms with E-state index in [1.54, 1.807) is 13.0 Å². The van der Waals surface area contributed by atoms with Crippen LogP contribution in [-0.2, 0) is 4.79 Å². The third-order valence-electron chi connectivity index (χ3n) is 5.60. The van der Waals surface area contributed by atoms with Crippen LogP contribution in [0.4, 0.5) is 11.4 Å². The molecule has 1 aliphatic rings. The number of hydrogen-bond donors (Lipinski definition) is 1. The van der Waals surface area contributed by atoms with Crippen LogP contribution in [0.1, 0.15) is 36.7 Å². The summed E-state index contributed by atoms with van der Waals surface area (Å²) in [6.45, 7) is 7.48. The van der Waals surface area contributed by atoms with Crippen LogP contribution in [0.5, 0.6) is 0 Å². The van der Waals surface area contributed by atoms with Gasteiger partial charge < -0.3 is 14.4 Å². The van der Waals surface area contributed by atoms with Crippen molar-refractivity contribution in [3.63, 3.8) is 0 Å². The first kappa shape index (κ1) is 22.0. The van der Waals surface area contributed by atoms with Crippen molar-refractivity contribution in [1.29, 1.82) is 0 Å². The van der Waals surface area contributed by atoms with Gasteiger partial charge in [-0.25, -0.2) is 9.59 Å². The minimum Gasteiger partial charge on any atom is -0.478 e. The summed E-state index contributed by atoms with van der Waals surface area (Å²) in [5, 5.41) is 15.3. The number of rotatable bonds is 6. The molecule has 4 rings (SSSR count). The van der Waals surface area contributed by atoms with Crippen LogP contribution in [0.2, 0.25) is 0 Å². The Morgan fingerprint density at radius 2 is 1.79 bits per heavy atom. The van der Waals surface area contributed by atoms with E-state index in [4.69, 9.17) is 9.52 Å². The third-order valence-corrected chi connectivity index (χ3v) is 5.60. The molecule has 1 aromatic heterocycles. The molecule has 3 aromatic rings. The summed E-state index contributed by atoms with van der Waals surface area (Å²) in [5.74, 6) is -1.46. The number of benzene rings is 2. The maximum absolute atomic E-state index is 13.0. The molecule has 8 heteroatoms. The van der Waals surface area contributed by atoms with Crippen LogP contribution in [0.15, 0.2) is 68.4 Å². The Kier molecular flexibility index (Phi) is 5.83. The van der Waals surface area contributed by atoms with E-state index in [-0.39, 0.29) is 16.7 Å². The minimum absolute atomic E-state index is 0.111. The van der Waals surface area contributed by atoms with E-state index >= 15 is 0 Å². The monoisotopic (exact) mass is 445 g/mol. The summed E-state index contributed by atoms with van der Waals surface area (Å²) < 4.78 is 5.55. The van der Waals surface area contributed by atoms with Crippen molar-refractivity contribution < 1.29 is 19.1 Å². The van der Waals surface area contributed by atoms with Crippen molar-refractivity contribution in [2.24, 2.45) is 5.10 Å². The van der Waals surface area contributed by atoms with E-state index in [2.05, 4.69) is 23.8 Å². The Morgan fingerprint density at radius 1 is 1.09 bits per heavy atom. The lowest BCUT2D eigenvalue weighted by Gasteiger charge is -2.20. The first-order valence-electron chi connectivity index (χ1n) is 10.6. The van der Waals surface area contributed by atoms with E-state index in [0.717, 1.165) is 24.2 Å². The molecule has 1 N–H and O–H groups in total. The smallest absolute Gasteiger partial charge is 0.343 e. The number of amides is 1. The van der Waals surface area contributed by atoms with Gasteiger partial charge in [-0.05, 0) is 69.3 Å². The summed E-state index contributed by atoms with van der Waals surface area (Å²) in [6, 6.07) is 13.2. The lowest BCUT2D eigenvalue weighted by molar-refractivity contribution is -0.114. The van der Waals surface area contributed by atoms with Crippen LogP contribution in [0.3, 0.4) is 0 Å². The Balaban J connectivity index is 1.67. The second-order valence-corrected chi connectivity index (χ2v) is 7.60. The molecule has 2 heterocycles. The largest absolute Gasteiger partial charge is 0.478 e. The number of hydrogen-bond acceptors (Lipinski definition) is 6. The summed E-state index contributed by atoms with van der Waals surface area (Å²) in [5.41, 5.74) is 2.41. The Bertz CT molecular complexity index is 1370. The molecule has 1 amide bonds. The molecule has 0 unspecified atom stereocenters. The molecule has 8 nitrogen and oxygen atoms in total. The zero-order chi connectivity index (χ0) is 23.7. The third kappa shape index (κ3) is 4.15. The highest BCUT2D eigenvalue weighted by molar-refractivity contribution is 6.32. The molecule has 1 aliphatic heterocycles. The highest BCUT2D eigenvalue weighted by atomic mass is 16.4. The number of carbonyl (C=O) groups excluding carboxylic acids is 1. The number of nitrogens with zero attached hydrogens (tertiary/aromatic N) is 3. The first-order valence-corrected chi connectivity index (χ1v) is 10.6. The van der Waals surface area contributed by atoms with Gasteiger partial charge in [-0.3, -0.25) is 4.79 Å². The van der Waals surface area contributed by atoms with Gasteiger partial charge in [0.25, 0.3) is 5.91 Å². The maximum atomic E-state index is 13.0. The topological polar surface area (TPSA) is 103 Å². The maximum Gasteiger partial charge on any atom is 0.343 e. The molecule has 0 radical (unpaired) electrons. The van der Waals surface area contributed by atoms with E-state index in [0.29, 0.717) is 17.0 Å². The molecule has 33 heavy (non-hydrogen) atoms. The van der Waals surface area contributed by atoms with Crippen molar-refractivity contribution in [3.05, 3.63) is 75.7 Å². The van der Waals surface area contributed by atoms with Crippen molar-refractivity contribution in [2.45, 2.75) is 20.8 Å². The summed E-state index contributed by atoms with van der Waals surface area (Å²) in [4.78, 5) is 38.9. The van der Waals surface area contributed by atoms with E-state index in [9.17, 15) is 14.4 Å². The predicted molar refractivity (Wildman–Crippen MR) is 128 cm³/mol. The molecule has 0 bridgehead atoms. The molecule has 0 spiro atoms. The fourth-order valence-corrected chi connectivity index (χ4v) is 3.76. The lowest BCUT2D eigenvalue weighted by Crippen LogP contribution is -2.22. The summed E-state index contributed by atoms with van der Waals surface area (Å²) >= 11 is 0. The fraction of sp³-hybridized carbons (Fsp3) is 0.200. The van der Waals surface area contributed by atoms with Crippen LogP contribution in [0, 0.1) is 0 Å². The van der Waals surface area contributed by atoms with Gasteiger partial charge in [0.05, 0.1) is 28.1 Å². The molecule has 0 saturated carbocycles. The summed E-state index contributed by atoms with van der Waals surface area (Å²) in [7, 11) is 0. The minimum atomic E-state index is -1.05. The Hall–Kier alpha value is -4.20. The molecule has 0 atom stereocenters. The van der Waals surface area contributed by atoms with Crippen LogP contribution >= 0.6 is 0 Å². The number of anilines is 2. The highest BCUT2D eigenvalue weighted by Gasteiger charge is 2.29. The highest BCUT2D eigenvalue weighted by Crippen LogP contribution is 2.26. The van der Waals surface area contributed by atoms with Crippen LogP contribution < -0.4 is 15.5 Å². The molecular weight excluding hydrogens is 422 g/mol. The molecule has 0 fully saturated rings. The van der Waals surface area contributed by atoms with Gasteiger partial charge in [-0.2, -0.15) is 10.1 Å². The molecule has 2 aromatic carbocycles. The Morgan fingerprint density at radius 3 is 2.42 bits per heavy atom. The van der Waals surface area contributed by atoms with Crippen molar-refractivity contribution in [2.75, 3.05) is 23.0 Å². The van der Waals surface area contributed by atoms with Crippen LogP contribution in [-0.4, -0.2) is 35.8 Å². The number of carboxylic acids is 1. The average molecular weight is 445 g/mol. The summed E-state index contributed by atoms with van der Waals surface area (Å²) in [6.07, 6.45) is 1.48. The quantitative estimate of drug-likeness (QED) is 0.452. The number of aromatic carboxylic acids is 1. The van der Waals surface area contributed by atoms with Gasteiger partial charge in [-0.1, -0.05) is 0 Å². The van der Waals surface area contributed by atoms with Gasteiger partial charge in [0.15, 0.2) is 0 Å². The zero-order valence-electron chi connectivity index (χ0n) is 18.5. The van der Waals surface area contributed by atoms with Gasteiger partial charge in [-0.15, -0.1) is 0 Å². The van der Waals surface area contributed by atoms with Gasteiger partial charge in [0, 0.05) is 30.2 Å². The average Bonchev–Trinajstić information content (AvgIpc) is 3.08. The molecular formula is C25H23N3O5. The van der Waals surface area contributed by atoms with Crippen molar-refractivity contribution in [1.82, 2.24) is 0 Å². The van der Waals surface area contributed by atoms with Gasteiger partial charge in [0.1, 0.15) is 5.58 Å².